The number of benzene rings is 2. The highest BCUT2D eigenvalue weighted by molar-refractivity contribution is 7.15. The van der Waals surface area contributed by atoms with E-state index in [1.54, 1.807) is 0 Å². The second-order valence-corrected chi connectivity index (χ2v) is 8.25. The summed E-state index contributed by atoms with van der Waals surface area (Å²) in [5.41, 5.74) is 3.00. The predicted octanol–water partition coefficient (Wildman–Crippen LogP) is 4.28. The fraction of sp³-hybridized carbons (Fsp3) is 0.261. The van der Waals surface area contributed by atoms with Crippen molar-refractivity contribution in [1.29, 1.82) is 0 Å². The summed E-state index contributed by atoms with van der Waals surface area (Å²) in [6, 6.07) is 15.9. The van der Waals surface area contributed by atoms with Crippen LogP contribution in [0.25, 0.3) is 22.4 Å². The van der Waals surface area contributed by atoms with Gasteiger partial charge in [-0.05, 0) is 53.8 Å². The van der Waals surface area contributed by atoms with Crippen molar-refractivity contribution < 1.29 is 4.74 Å². The highest BCUT2D eigenvalue weighted by Crippen LogP contribution is 2.20. The number of thiazole rings is 1. The van der Waals surface area contributed by atoms with Crippen LogP contribution < -0.4 is 14.8 Å². The molecule has 0 aliphatic carbocycles. The summed E-state index contributed by atoms with van der Waals surface area (Å²) in [5, 5.41) is 4.42. The van der Waals surface area contributed by atoms with Gasteiger partial charge in [-0.1, -0.05) is 56.4 Å². The van der Waals surface area contributed by atoms with E-state index in [0.717, 1.165) is 23.3 Å². The lowest BCUT2D eigenvalue weighted by molar-refractivity contribution is 0.317. The second-order valence-electron chi connectivity index (χ2n) is 7.24. The van der Waals surface area contributed by atoms with Gasteiger partial charge in [-0.2, -0.15) is 9.50 Å². The Balaban J connectivity index is 1.63. The highest BCUT2D eigenvalue weighted by Gasteiger charge is 2.12. The SMILES string of the molecule is CCCOc1ccc(-c2nc3s/c(=C\c4ccc(C(C)C)cc4)c(=O)n3n2)cc1. The number of ether oxygens (including phenoxy) is 1. The van der Waals surface area contributed by atoms with Gasteiger partial charge in [0.2, 0.25) is 4.96 Å². The molecule has 6 heteroatoms. The third kappa shape index (κ3) is 4.07. The van der Waals surface area contributed by atoms with Crippen molar-refractivity contribution in [2.45, 2.75) is 33.1 Å². The van der Waals surface area contributed by atoms with Crippen LogP contribution in [0.15, 0.2) is 53.3 Å². The molecule has 29 heavy (non-hydrogen) atoms. The lowest BCUT2D eigenvalue weighted by Crippen LogP contribution is -2.23. The summed E-state index contributed by atoms with van der Waals surface area (Å²) < 4.78 is 7.62. The molecule has 5 nitrogen and oxygen atoms in total. The number of nitrogens with zero attached hydrogens (tertiary/aromatic N) is 3. The van der Waals surface area contributed by atoms with E-state index in [1.807, 2.05) is 42.5 Å². The van der Waals surface area contributed by atoms with E-state index in [1.165, 1.54) is 21.4 Å². The normalized spacial score (nSPS) is 12.2. The third-order valence-electron chi connectivity index (χ3n) is 4.67. The molecule has 0 saturated heterocycles. The zero-order valence-electron chi connectivity index (χ0n) is 16.8. The second kappa shape index (κ2) is 8.17. The molecule has 0 aliphatic heterocycles. The molecule has 0 N–H and O–H groups in total. The topological polar surface area (TPSA) is 56.5 Å². The molecule has 148 valence electrons. The fourth-order valence-corrected chi connectivity index (χ4v) is 3.91. The van der Waals surface area contributed by atoms with Crippen LogP contribution in [0.3, 0.4) is 0 Å². The molecular weight excluding hydrogens is 382 g/mol. The molecule has 0 saturated carbocycles. The summed E-state index contributed by atoms with van der Waals surface area (Å²) in [6.45, 7) is 7.09. The Kier molecular flexibility index (Phi) is 5.45. The van der Waals surface area contributed by atoms with E-state index in [2.05, 4.69) is 43.0 Å². The van der Waals surface area contributed by atoms with Gasteiger partial charge in [-0.25, -0.2) is 0 Å². The Hall–Kier alpha value is -2.99. The maximum absolute atomic E-state index is 12.7. The highest BCUT2D eigenvalue weighted by atomic mass is 32.1. The van der Waals surface area contributed by atoms with Crippen molar-refractivity contribution in [1.82, 2.24) is 14.6 Å². The maximum atomic E-state index is 12.7. The first-order chi connectivity index (χ1) is 14.0. The Morgan fingerprint density at radius 1 is 1.10 bits per heavy atom. The zero-order valence-corrected chi connectivity index (χ0v) is 17.6. The lowest BCUT2D eigenvalue weighted by Gasteiger charge is -2.04. The van der Waals surface area contributed by atoms with E-state index < -0.39 is 0 Å². The Bertz CT molecular complexity index is 1220. The van der Waals surface area contributed by atoms with Crippen LogP contribution in [0.4, 0.5) is 0 Å². The fourth-order valence-electron chi connectivity index (χ4n) is 3.00. The van der Waals surface area contributed by atoms with Gasteiger partial charge in [0, 0.05) is 5.56 Å². The zero-order chi connectivity index (χ0) is 20.4. The van der Waals surface area contributed by atoms with Crippen molar-refractivity contribution in [2.75, 3.05) is 6.61 Å². The Labute approximate surface area is 173 Å². The minimum atomic E-state index is -0.139. The van der Waals surface area contributed by atoms with Crippen LogP contribution in [0, 0.1) is 0 Å². The van der Waals surface area contributed by atoms with Gasteiger partial charge in [0.1, 0.15) is 5.75 Å². The summed E-state index contributed by atoms with van der Waals surface area (Å²) in [6.07, 6.45) is 2.86. The first-order valence-electron chi connectivity index (χ1n) is 9.79. The first-order valence-corrected chi connectivity index (χ1v) is 10.6. The van der Waals surface area contributed by atoms with Crippen LogP contribution in [0.2, 0.25) is 0 Å². The molecule has 0 unspecified atom stereocenters. The molecule has 4 aromatic rings. The van der Waals surface area contributed by atoms with E-state index in [4.69, 9.17) is 4.74 Å². The number of rotatable bonds is 6. The van der Waals surface area contributed by atoms with Gasteiger partial charge in [-0.3, -0.25) is 4.79 Å². The van der Waals surface area contributed by atoms with Crippen LogP contribution in [-0.4, -0.2) is 21.2 Å². The number of aromatic nitrogens is 3. The van der Waals surface area contributed by atoms with Gasteiger partial charge in [-0.15, -0.1) is 5.10 Å². The smallest absolute Gasteiger partial charge is 0.291 e. The molecule has 0 bridgehead atoms. The summed E-state index contributed by atoms with van der Waals surface area (Å²) in [5.74, 6) is 1.85. The minimum Gasteiger partial charge on any atom is -0.494 e. The van der Waals surface area contributed by atoms with Crippen molar-refractivity contribution >= 4 is 22.4 Å². The molecule has 2 aromatic heterocycles. The third-order valence-corrected chi connectivity index (χ3v) is 5.63. The first kappa shape index (κ1) is 19.3. The number of hydrogen-bond donors (Lipinski definition) is 0. The monoisotopic (exact) mass is 405 g/mol. The van der Waals surface area contributed by atoms with Gasteiger partial charge >= 0.3 is 0 Å². The van der Waals surface area contributed by atoms with E-state index in [9.17, 15) is 4.79 Å². The molecule has 0 amide bonds. The minimum absolute atomic E-state index is 0.139. The van der Waals surface area contributed by atoms with Crippen LogP contribution in [0.1, 0.15) is 44.2 Å². The van der Waals surface area contributed by atoms with Gasteiger partial charge in [0.05, 0.1) is 11.1 Å². The molecule has 0 atom stereocenters. The van der Waals surface area contributed by atoms with Crippen molar-refractivity contribution in [2.24, 2.45) is 0 Å². The molecule has 0 radical (unpaired) electrons. The molecular formula is C23H23N3O2S. The average Bonchev–Trinajstić information content (AvgIpc) is 3.27. The van der Waals surface area contributed by atoms with Crippen molar-refractivity contribution in [3.8, 4) is 17.1 Å². The molecule has 0 fully saturated rings. The largest absolute Gasteiger partial charge is 0.494 e. The van der Waals surface area contributed by atoms with Crippen LogP contribution >= 0.6 is 11.3 Å². The molecule has 2 heterocycles. The standard InChI is InChI=1S/C23H23N3O2S/c1-4-13-28-19-11-9-18(10-12-19)21-24-23-26(25-21)22(27)20(29-23)14-16-5-7-17(8-6-16)15(2)3/h5-12,14-15H,4,13H2,1-3H3/b20-14-. The quantitative estimate of drug-likeness (QED) is 0.480. The summed E-state index contributed by atoms with van der Waals surface area (Å²) >= 11 is 1.36. The van der Waals surface area contributed by atoms with E-state index >= 15 is 0 Å². The van der Waals surface area contributed by atoms with Crippen molar-refractivity contribution in [3.05, 3.63) is 74.5 Å². The molecule has 4 rings (SSSR count). The number of fused-ring (bicyclic) bond motifs is 1. The summed E-state index contributed by atoms with van der Waals surface area (Å²) in [4.78, 5) is 17.9. The van der Waals surface area contributed by atoms with Gasteiger partial charge < -0.3 is 4.74 Å². The van der Waals surface area contributed by atoms with Crippen LogP contribution in [-0.2, 0) is 0 Å². The van der Waals surface area contributed by atoms with E-state index in [0.29, 0.717) is 27.8 Å². The average molecular weight is 406 g/mol. The van der Waals surface area contributed by atoms with Gasteiger partial charge in [0.25, 0.3) is 5.56 Å². The number of hydrogen-bond acceptors (Lipinski definition) is 5. The maximum Gasteiger partial charge on any atom is 0.291 e. The van der Waals surface area contributed by atoms with Crippen molar-refractivity contribution in [3.63, 3.8) is 0 Å². The molecule has 0 aliphatic rings. The Morgan fingerprint density at radius 3 is 2.45 bits per heavy atom. The van der Waals surface area contributed by atoms with Gasteiger partial charge in [0.15, 0.2) is 5.82 Å². The summed E-state index contributed by atoms with van der Waals surface area (Å²) in [7, 11) is 0. The Morgan fingerprint density at radius 2 is 1.83 bits per heavy atom. The molecule has 0 spiro atoms. The lowest BCUT2D eigenvalue weighted by atomic mass is 10.0. The van der Waals surface area contributed by atoms with E-state index in [-0.39, 0.29) is 5.56 Å². The molecule has 2 aromatic carbocycles. The predicted molar refractivity (Wildman–Crippen MR) is 118 cm³/mol. The van der Waals surface area contributed by atoms with Crippen LogP contribution in [0.5, 0.6) is 5.75 Å².